The fraction of sp³-hybridized carbons (Fsp3) is 0.167. The number of carbonyl (C=O) groups excluding carboxylic acids is 1. The molecule has 6 nitrogen and oxygen atoms in total. The average Bonchev–Trinajstić information content (AvgIpc) is 2.60. The molecule has 1 aromatic carbocycles. The molecule has 6 heteroatoms. The first kappa shape index (κ1) is 14.6. The number of rotatable bonds is 2. The van der Waals surface area contributed by atoms with Gasteiger partial charge in [-0.1, -0.05) is 6.07 Å². The molecule has 120 valence electrons. The Bertz CT molecular complexity index is 1020. The smallest absolute Gasteiger partial charge is 0.336 e. The van der Waals surface area contributed by atoms with Crippen molar-refractivity contribution in [3.8, 4) is 11.1 Å². The molecule has 0 aliphatic carbocycles. The fourth-order valence-corrected chi connectivity index (χ4v) is 3.07. The Kier molecular flexibility index (Phi) is 3.39. The second kappa shape index (κ2) is 5.58. The van der Waals surface area contributed by atoms with E-state index in [-0.39, 0.29) is 5.63 Å². The zero-order chi connectivity index (χ0) is 16.7. The van der Waals surface area contributed by atoms with Gasteiger partial charge in [-0.3, -0.25) is 9.78 Å². The van der Waals surface area contributed by atoms with Crippen molar-refractivity contribution in [1.29, 1.82) is 0 Å². The Hall–Kier alpha value is -2.99. The number of benzene rings is 1. The molecule has 0 atom stereocenters. The third kappa shape index (κ3) is 2.37. The molecule has 4 rings (SSSR count). The minimum absolute atomic E-state index is 0.309. The van der Waals surface area contributed by atoms with Gasteiger partial charge in [-0.25, -0.2) is 4.79 Å². The summed E-state index contributed by atoms with van der Waals surface area (Å²) in [7, 11) is 0. The number of aromatic nitrogens is 1. The van der Waals surface area contributed by atoms with Gasteiger partial charge in [-0.15, -0.1) is 0 Å². The van der Waals surface area contributed by atoms with Crippen LogP contribution in [0.1, 0.15) is 21.6 Å². The van der Waals surface area contributed by atoms with E-state index in [0.29, 0.717) is 30.9 Å². The minimum atomic E-state index is -0.528. The van der Waals surface area contributed by atoms with Gasteiger partial charge in [-0.2, -0.15) is 0 Å². The van der Waals surface area contributed by atoms with Crippen molar-refractivity contribution >= 4 is 16.9 Å². The SMILES string of the molecule is NC(=O)c1ncc(-c2ccc3oc(=O)ccc3c2)c2c1CCOC2. The van der Waals surface area contributed by atoms with Gasteiger partial charge in [0.15, 0.2) is 0 Å². The summed E-state index contributed by atoms with van der Waals surface area (Å²) < 4.78 is 10.7. The van der Waals surface area contributed by atoms with Crippen LogP contribution in [0.25, 0.3) is 22.1 Å². The number of nitrogens with two attached hydrogens (primary N) is 1. The maximum absolute atomic E-state index is 11.6. The van der Waals surface area contributed by atoms with E-state index in [2.05, 4.69) is 4.98 Å². The van der Waals surface area contributed by atoms with Crippen molar-refractivity contribution < 1.29 is 13.9 Å². The summed E-state index contributed by atoms with van der Waals surface area (Å²) in [6.45, 7) is 0.955. The van der Waals surface area contributed by atoms with E-state index in [4.69, 9.17) is 14.9 Å². The zero-order valence-corrected chi connectivity index (χ0v) is 12.7. The molecule has 24 heavy (non-hydrogen) atoms. The van der Waals surface area contributed by atoms with Crippen LogP contribution in [0.15, 0.2) is 45.7 Å². The molecule has 0 saturated heterocycles. The van der Waals surface area contributed by atoms with Gasteiger partial charge in [-0.05, 0) is 41.3 Å². The number of ether oxygens (including phenoxy) is 1. The van der Waals surface area contributed by atoms with E-state index in [9.17, 15) is 9.59 Å². The van der Waals surface area contributed by atoms with Crippen LogP contribution in [0.2, 0.25) is 0 Å². The van der Waals surface area contributed by atoms with E-state index >= 15 is 0 Å². The average molecular weight is 322 g/mol. The second-order valence-electron chi connectivity index (χ2n) is 5.65. The number of amides is 1. The fourth-order valence-electron chi connectivity index (χ4n) is 3.07. The molecule has 3 heterocycles. The minimum Gasteiger partial charge on any atom is -0.423 e. The summed E-state index contributed by atoms with van der Waals surface area (Å²) in [6, 6.07) is 8.65. The summed E-state index contributed by atoms with van der Waals surface area (Å²) in [4.78, 5) is 27.2. The predicted octanol–water partition coefficient (Wildman–Crippen LogP) is 2.03. The lowest BCUT2D eigenvalue weighted by atomic mass is 9.93. The Morgan fingerprint density at radius 1 is 1.17 bits per heavy atom. The van der Waals surface area contributed by atoms with Crippen molar-refractivity contribution in [2.75, 3.05) is 6.61 Å². The topological polar surface area (TPSA) is 95.4 Å². The maximum Gasteiger partial charge on any atom is 0.336 e. The highest BCUT2D eigenvalue weighted by atomic mass is 16.5. The standard InChI is InChI=1S/C18H14N2O4/c19-18(22)17-12-5-6-23-9-14(12)13(8-20-17)10-1-3-15-11(7-10)2-4-16(21)24-15/h1-4,7-8H,5-6,9H2,(H2,19,22). The van der Waals surface area contributed by atoms with Gasteiger partial charge < -0.3 is 14.9 Å². The molecule has 3 aromatic rings. The van der Waals surface area contributed by atoms with Crippen LogP contribution in [0.3, 0.4) is 0 Å². The molecule has 2 N–H and O–H groups in total. The molecule has 2 aromatic heterocycles. The number of carbonyl (C=O) groups is 1. The lowest BCUT2D eigenvalue weighted by Crippen LogP contribution is -2.21. The van der Waals surface area contributed by atoms with E-state index in [1.807, 2.05) is 12.1 Å². The van der Waals surface area contributed by atoms with Crippen LogP contribution >= 0.6 is 0 Å². The first-order valence-electron chi connectivity index (χ1n) is 7.56. The molecular formula is C18H14N2O4. The molecular weight excluding hydrogens is 308 g/mol. The lowest BCUT2D eigenvalue weighted by Gasteiger charge is -2.21. The molecule has 1 aliphatic heterocycles. The van der Waals surface area contributed by atoms with Gasteiger partial charge in [0.25, 0.3) is 5.91 Å². The number of primary amides is 1. The van der Waals surface area contributed by atoms with E-state index in [0.717, 1.165) is 27.6 Å². The van der Waals surface area contributed by atoms with Crippen LogP contribution in [0.4, 0.5) is 0 Å². The monoisotopic (exact) mass is 322 g/mol. The molecule has 0 unspecified atom stereocenters. The highest BCUT2D eigenvalue weighted by molar-refractivity contribution is 5.94. The van der Waals surface area contributed by atoms with Gasteiger partial charge in [0.05, 0.1) is 13.2 Å². The van der Waals surface area contributed by atoms with Crippen molar-refractivity contribution in [1.82, 2.24) is 4.98 Å². The van der Waals surface area contributed by atoms with Crippen molar-refractivity contribution in [3.63, 3.8) is 0 Å². The molecule has 0 fully saturated rings. The van der Waals surface area contributed by atoms with E-state index in [1.54, 1.807) is 18.3 Å². The first-order chi connectivity index (χ1) is 11.6. The maximum atomic E-state index is 11.6. The van der Waals surface area contributed by atoms with Crippen molar-refractivity contribution in [2.45, 2.75) is 13.0 Å². The summed E-state index contributed by atoms with van der Waals surface area (Å²) in [5.74, 6) is -0.528. The molecule has 0 spiro atoms. The van der Waals surface area contributed by atoms with Gasteiger partial charge in [0.1, 0.15) is 11.3 Å². The van der Waals surface area contributed by atoms with Crippen molar-refractivity contribution in [3.05, 3.63) is 63.8 Å². The highest BCUT2D eigenvalue weighted by Gasteiger charge is 2.22. The Labute approximate surface area is 136 Å². The third-order valence-corrected chi connectivity index (χ3v) is 4.20. The lowest BCUT2D eigenvalue weighted by molar-refractivity contribution is 0.0979. The molecule has 1 aliphatic rings. The first-order valence-corrected chi connectivity index (χ1v) is 7.56. The van der Waals surface area contributed by atoms with Crippen LogP contribution in [0, 0.1) is 0 Å². The number of hydrogen-bond acceptors (Lipinski definition) is 5. The third-order valence-electron chi connectivity index (χ3n) is 4.20. The van der Waals surface area contributed by atoms with Crippen LogP contribution in [-0.2, 0) is 17.8 Å². The molecule has 1 amide bonds. The normalized spacial score (nSPS) is 13.7. The van der Waals surface area contributed by atoms with Gasteiger partial charge in [0, 0.05) is 23.2 Å². The Balaban J connectivity index is 1.92. The number of fused-ring (bicyclic) bond motifs is 2. The number of hydrogen-bond donors (Lipinski definition) is 1. The van der Waals surface area contributed by atoms with Crippen molar-refractivity contribution in [2.24, 2.45) is 5.73 Å². The number of pyridine rings is 1. The molecule has 0 bridgehead atoms. The van der Waals surface area contributed by atoms with Crippen LogP contribution < -0.4 is 11.4 Å². The van der Waals surface area contributed by atoms with Gasteiger partial charge >= 0.3 is 5.63 Å². The highest BCUT2D eigenvalue weighted by Crippen LogP contribution is 2.32. The second-order valence-corrected chi connectivity index (χ2v) is 5.65. The molecule has 0 radical (unpaired) electrons. The summed E-state index contributed by atoms with van der Waals surface area (Å²) in [6.07, 6.45) is 2.25. The van der Waals surface area contributed by atoms with Gasteiger partial charge in [0.2, 0.25) is 0 Å². The Morgan fingerprint density at radius 3 is 2.88 bits per heavy atom. The number of nitrogens with zero attached hydrogens (tertiary/aromatic N) is 1. The van der Waals surface area contributed by atoms with E-state index < -0.39 is 5.91 Å². The molecule has 0 saturated carbocycles. The largest absolute Gasteiger partial charge is 0.423 e. The summed E-state index contributed by atoms with van der Waals surface area (Å²) in [5, 5.41) is 0.816. The predicted molar refractivity (Wildman–Crippen MR) is 87.6 cm³/mol. The van der Waals surface area contributed by atoms with E-state index in [1.165, 1.54) is 6.07 Å². The van der Waals surface area contributed by atoms with Crippen LogP contribution in [0.5, 0.6) is 0 Å². The van der Waals surface area contributed by atoms with Crippen LogP contribution in [-0.4, -0.2) is 17.5 Å². The summed E-state index contributed by atoms with van der Waals surface area (Å²) in [5.41, 5.74) is 9.48. The zero-order valence-electron chi connectivity index (χ0n) is 12.7. The quantitative estimate of drug-likeness (QED) is 0.728. The summed E-state index contributed by atoms with van der Waals surface area (Å²) >= 11 is 0. The Morgan fingerprint density at radius 2 is 2.04 bits per heavy atom.